The van der Waals surface area contributed by atoms with Gasteiger partial charge in [-0.25, -0.2) is 0 Å². The Morgan fingerprint density at radius 2 is 2.00 bits per heavy atom. The molecule has 1 saturated carbocycles. The number of rotatable bonds is 1. The minimum Gasteiger partial charge on any atom is -0.316 e. The van der Waals surface area contributed by atoms with E-state index in [4.69, 9.17) is 0 Å². The summed E-state index contributed by atoms with van der Waals surface area (Å²) in [7, 11) is 2.05. The van der Waals surface area contributed by atoms with Gasteiger partial charge in [-0.15, -0.1) is 0 Å². The van der Waals surface area contributed by atoms with Gasteiger partial charge in [-0.05, 0) is 24.8 Å². The van der Waals surface area contributed by atoms with E-state index in [1.54, 1.807) is 0 Å². The molecular weight excluding hydrogens is 110 g/mol. The zero-order valence-electron chi connectivity index (χ0n) is 6.86. The van der Waals surface area contributed by atoms with Crippen LogP contribution in [0.4, 0.5) is 0 Å². The van der Waals surface area contributed by atoms with Crippen LogP contribution in [0.2, 0.25) is 0 Å². The fourth-order valence-corrected chi connectivity index (χ4v) is 1.63. The first-order chi connectivity index (χ1) is 4.09. The van der Waals surface area contributed by atoms with Crippen molar-refractivity contribution in [3.63, 3.8) is 0 Å². The molecule has 1 rings (SSSR count). The Bertz CT molecular complexity index is 107. The molecule has 2 unspecified atom stereocenters. The highest BCUT2D eigenvalue weighted by Crippen LogP contribution is 2.45. The maximum Gasteiger partial charge on any atom is 0.0120 e. The van der Waals surface area contributed by atoms with E-state index in [1.165, 1.54) is 6.42 Å². The van der Waals surface area contributed by atoms with E-state index in [2.05, 4.69) is 33.1 Å². The van der Waals surface area contributed by atoms with E-state index in [0.717, 1.165) is 12.0 Å². The molecule has 0 aliphatic heterocycles. The van der Waals surface area contributed by atoms with Crippen LogP contribution in [0.3, 0.4) is 0 Å². The van der Waals surface area contributed by atoms with E-state index in [1.807, 2.05) is 0 Å². The maximum atomic E-state index is 3.32. The minimum atomic E-state index is 0.536. The first kappa shape index (κ1) is 7.07. The van der Waals surface area contributed by atoms with E-state index < -0.39 is 0 Å². The Labute approximate surface area is 57.8 Å². The van der Waals surface area contributed by atoms with E-state index in [-0.39, 0.29) is 0 Å². The average Bonchev–Trinajstić information content (AvgIpc) is 1.82. The molecule has 0 aromatic carbocycles. The van der Waals surface area contributed by atoms with E-state index in [0.29, 0.717) is 5.41 Å². The summed E-state index contributed by atoms with van der Waals surface area (Å²) < 4.78 is 0. The van der Waals surface area contributed by atoms with Crippen molar-refractivity contribution in [2.75, 3.05) is 7.05 Å². The lowest BCUT2D eigenvalue weighted by atomic mass is 9.59. The molecule has 0 radical (unpaired) electrons. The lowest BCUT2D eigenvalue weighted by Gasteiger charge is -2.50. The van der Waals surface area contributed by atoms with Crippen molar-refractivity contribution in [2.24, 2.45) is 11.3 Å². The molecule has 1 N–H and O–H groups in total. The van der Waals surface area contributed by atoms with Crippen LogP contribution >= 0.6 is 0 Å². The summed E-state index contributed by atoms with van der Waals surface area (Å²) in [6, 6.07) is 0.757. The first-order valence-corrected chi connectivity index (χ1v) is 3.76. The summed E-state index contributed by atoms with van der Waals surface area (Å²) in [5, 5.41) is 3.32. The largest absolute Gasteiger partial charge is 0.316 e. The molecule has 1 aliphatic carbocycles. The van der Waals surface area contributed by atoms with Crippen molar-refractivity contribution in [1.82, 2.24) is 5.32 Å². The summed E-state index contributed by atoms with van der Waals surface area (Å²) >= 11 is 0. The fraction of sp³-hybridized carbons (Fsp3) is 1.00. The van der Waals surface area contributed by atoms with Crippen LogP contribution in [0.5, 0.6) is 0 Å². The summed E-state index contributed by atoms with van der Waals surface area (Å²) in [4.78, 5) is 0. The Kier molecular flexibility index (Phi) is 1.55. The number of nitrogens with one attached hydrogen (secondary N) is 1. The van der Waals surface area contributed by atoms with Crippen LogP contribution in [0.15, 0.2) is 0 Å². The standard InChI is InChI=1S/C8H17N/c1-6-5-7(9-4)8(6,2)3/h6-7,9H,5H2,1-4H3. The molecule has 54 valence electrons. The third-order valence-electron chi connectivity index (χ3n) is 3.11. The molecule has 1 fully saturated rings. The van der Waals surface area contributed by atoms with E-state index >= 15 is 0 Å². The van der Waals surface area contributed by atoms with Gasteiger partial charge in [0.2, 0.25) is 0 Å². The SMILES string of the molecule is CNC1CC(C)C1(C)C. The second-order valence-electron chi connectivity index (χ2n) is 3.80. The highest BCUT2D eigenvalue weighted by Gasteiger charge is 2.43. The van der Waals surface area contributed by atoms with Gasteiger partial charge in [0.05, 0.1) is 0 Å². The summed E-state index contributed by atoms with van der Waals surface area (Å²) in [5.74, 6) is 0.898. The maximum absolute atomic E-state index is 3.32. The molecule has 1 aliphatic rings. The van der Waals surface area contributed by atoms with Crippen LogP contribution in [0, 0.1) is 11.3 Å². The second kappa shape index (κ2) is 1.98. The van der Waals surface area contributed by atoms with Gasteiger partial charge in [0.15, 0.2) is 0 Å². The normalized spacial score (nSPS) is 40.0. The molecule has 2 atom stereocenters. The van der Waals surface area contributed by atoms with Crippen molar-refractivity contribution in [3.05, 3.63) is 0 Å². The lowest BCUT2D eigenvalue weighted by molar-refractivity contribution is 0.0325. The van der Waals surface area contributed by atoms with Gasteiger partial charge in [-0.1, -0.05) is 20.8 Å². The number of hydrogen-bond acceptors (Lipinski definition) is 1. The van der Waals surface area contributed by atoms with Gasteiger partial charge in [-0.3, -0.25) is 0 Å². The molecule has 0 saturated heterocycles. The Morgan fingerprint density at radius 3 is 2.11 bits per heavy atom. The molecule has 9 heavy (non-hydrogen) atoms. The third-order valence-corrected chi connectivity index (χ3v) is 3.11. The molecular formula is C8H17N. The van der Waals surface area contributed by atoms with Gasteiger partial charge in [0.1, 0.15) is 0 Å². The predicted molar refractivity (Wildman–Crippen MR) is 40.4 cm³/mol. The molecule has 0 heterocycles. The molecule has 0 spiro atoms. The Balaban J connectivity index is 2.48. The van der Waals surface area contributed by atoms with Crippen LogP contribution in [-0.2, 0) is 0 Å². The van der Waals surface area contributed by atoms with Crippen LogP contribution in [-0.4, -0.2) is 13.1 Å². The lowest BCUT2D eigenvalue weighted by Crippen LogP contribution is -2.54. The Morgan fingerprint density at radius 1 is 1.44 bits per heavy atom. The monoisotopic (exact) mass is 127 g/mol. The topological polar surface area (TPSA) is 12.0 Å². The predicted octanol–water partition coefficient (Wildman–Crippen LogP) is 1.64. The van der Waals surface area contributed by atoms with Crippen molar-refractivity contribution in [3.8, 4) is 0 Å². The number of hydrogen-bond donors (Lipinski definition) is 1. The smallest absolute Gasteiger partial charge is 0.0120 e. The van der Waals surface area contributed by atoms with Crippen molar-refractivity contribution < 1.29 is 0 Å². The average molecular weight is 127 g/mol. The Hall–Kier alpha value is -0.0400. The zero-order chi connectivity index (χ0) is 7.07. The summed E-state index contributed by atoms with van der Waals surface area (Å²) in [5.41, 5.74) is 0.536. The molecule has 1 heteroatoms. The van der Waals surface area contributed by atoms with Crippen LogP contribution in [0.1, 0.15) is 27.2 Å². The van der Waals surface area contributed by atoms with Crippen molar-refractivity contribution in [2.45, 2.75) is 33.2 Å². The van der Waals surface area contributed by atoms with Gasteiger partial charge >= 0.3 is 0 Å². The van der Waals surface area contributed by atoms with Gasteiger partial charge in [0, 0.05) is 6.04 Å². The van der Waals surface area contributed by atoms with Gasteiger partial charge in [0.25, 0.3) is 0 Å². The summed E-state index contributed by atoms with van der Waals surface area (Å²) in [6.07, 6.45) is 1.35. The minimum absolute atomic E-state index is 0.536. The van der Waals surface area contributed by atoms with Crippen LogP contribution < -0.4 is 5.32 Å². The molecule has 0 bridgehead atoms. The summed E-state index contributed by atoms with van der Waals surface area (Å²) in [6.45, 7) is 7.00. The fourth-order valence-electron chi connectivity index (χ4n) is 1.63. The van der Waals surface area contributed by atoms with E-state index in [9.17, 15) is 0 Å². The first-order valence-electron chi connectivity index (χ1n) is 3.76. The van der Waals surface area contributed by atoms with Crippen molar-refractivity contribution >= 4 is 0 Å². The zero-order valence-corrected chi connectivity index (χ0v) is 6.86. The third kappa shape index (κ3) is 0.877. The quantitative estimate of drug-likeness (QED) is 0.564. The van der Waals surface area contributed by atoms with Crippen molar-refractivity contribution in [1.29, 1.82) is 0 Å². The highest BCUT2D eigenvalue weighted by atomic mass is 14.9. The van der Waals surface area contributed by atoms with Crippen LogP contribution in [0.25, 0.3) is 0 Å². The molecule has 0 aromatic heterocycles. The van der Waals surface area contributed by atoms with Gasteiger partial charge < -0.3 is 5.32 Å². The molecule has 1 nitrogen and oxygen atoms in total. The molecule has 0 aromatic rings. The second-order valence-corrected chi connectivity index (χ2v) is 3.80. The van der Waals surface area contributed by atoms with Gasteiger partial charge in [-0.2, -0.15) is 0 Å². The molecule has 0 amide bonds. The highest BCUT2D eigenvalue weighted by molar-refractivity contribution is 4.98.